The molecule has 0 spiro atoms. The Hall–Kier alpha value is -4.40. The van der Waals surface area contributed by atoms with E-state index in [1.54, 1.807) is 16.8 Å². The first kappa shape index (κ1) is 18.6. The minimum Gasteiger partial charge on any atom is -0.329 e. The number of anilines is 2. The topological polar surface area (TPSA) is 105 Å². The number of hydrogen-bond donors (Lipinski definition) is 1. The lowest BCUT2D eigenvalue weighted by Crippen LogP contribution is -2.15. The van der Waals surface area contributed by atoms with E-state index in [9.17, 15) is 4.79 Å². The Morgan fingerprint density at radius 2 is 1.87 bits per heavy atom. The van der Waals surface area contributed by atoms with Crippen LogP contribution in [0.2, 0.25) is 0 Å². The molecule has 1 N–H and O–H groups in total. The number of nitrogens with one attached hydrogen (secondary N) is 1. The summed E-state index contributed by atoms with van der Waals surface area (Å²) in [5, 5.41) is 18.2. The molecule has 3 aromatic heterocycles. The van der Waals surface area contributed by atoms with Crippen LogP contribution < -0.4 is 4.90 Å². The largest absolute Gasteiger partial charge is 0.329 e. The van der Waals surface area contributed by atoms with Crippen molar-refractivity contribution in [1.29, 1.82) is 0 Å². The SMILES string of the molecule is Cc1cc(N(C)c2ccc(C(=O)c3ccccc3-c3nnn[nH]3)cc2)n2nccc2n1. The summed E-state index contributed by atoms with van der Waals surface area (Å²) in [7, 11) is 1.96. The smallest absolute Gasteiger partial charge is 0.193 e. The highest BCUT2D eigenvalue weighted by Gasteiger charge is 2.17. The van der Waals surface area contributed by atoms with E-state index in [1.165, 1.54) is 0 Å². The van der Waals surface area contributed by atoms with E-state index >= 15 is 0 Å². The predicted molar refractivity (Wildman–Crippen MR) is 115 cm³/mol. The highest BCUT2D eigenvalue weighted by Crippen LogP contribution is 2.27. The molecule has 0 unspecified atom stereocenters. The van der Waals surface area contributed by atoms with Gasteiger partial charge in [0.05, 0.1) is 6.20 Å². The minimum atomic E-state index is -0.101. The fourth-order valence-corrected chi connectivity index (χ4v) is 3.54. The third-order valence-corrected chi connectivity index (χ3v) is 5.10. The summed E-state index contributed by atoms with van der Waals surface area (Å²) < 4.78 is 1.79. The van der Waals surface area contributed by atoms with Gasteiger partial charge >= 0.3 is 0 Å². The number of nitrogens with zero attached hydrogens (tertiary/aromatic N) is 7. The number of ketones is 1. The Bertz CT molecular complexity index is 1370. The fourth-order valence-electron chi connectivity index (χ4n) is 3.54. The molecular weight excluding hydrogens is 392 g/mol. The van der Waals surface area contributed by atoms with Gasteiger partial charge in [0.2, 0.25) is 0 Å². The maximum atomic E-state index is 13.2. The first-order valence-corrected chi connectivity index (χ1v) is 9.65. The number of fused-ring (bicyclic) bond motifs is 1. The summed E-state index contributed by atoms with van der Waals surface area (Å²) >= 11 is 0. The number of benzene rings is 2. The van der Waals surface area contributed by atoms with Gasteiger partial charge in [0.25, 0.3) is 0 Å². The zero-order chi connectivity index (χ0) is 21.4. The van der Waals surface area contributed by atoms with E-state index in [0.717, 1.165) is 22.8 Å². The quantitative estimate of drug-likeness (QED) is 0.444. The van der Waals surface area contributed by atoms with Gasteiger partial charge < -0.3 is 4.90 Å². The standard InChI is InChI=1S/C22H18N8O/c1-14-13-20(30-19(24-14)11-12-23-30)29(2)16-9-7-15(8-10-16)21(31)17-5-3-4-6-18(17)22-25-27-28-26-22/h3-13H,1-2H3,(H,25,26,27,28). The van der Waals surface area contributed by atoms with Crippen LogP contribution in [0.25, 0.3) is 17.0 Å². The summed E-state index contributed by atoms with van der Waals surface area (Å²) in [5.41, 5.74) is 4.38. The monoisotopic (exact) mass is 410 g/mol. The Morgan fingerprint density at radius 1 is 1.06 bits per heavy atom. The number of aromatic amines is 1. The van der Waals surface area contributed by atoms with Gasteiger partial charge in [0.1, 0.15) is 5.82 Å². The molecule has 9 heteroatoms. The molecule has 0 fully saturated rings. The van der Waals surface area contributed by atoms with Crippen LogP contribution in [0.5, 0.6) is 0 Å². The van der Waals surface area contributed by atoms with Crippen LogP contribution in [0.4, 0.5) is 11.5 Å². The van der Waals surface area contributed by atoms with Crippen molar-refractivity contribution in [2.45, 2.75) is 6.92 Å². The molecule has 0 atom stereocenters. The molecule has 0 aliphatic carbocycles. The van der Waals surface area contributed by atoms with E-state index < -0.39 is 0 Å². The molecule has 5 aromatic rings. The van der Waals surface area contributed by atoms with Crippen molar-refractivity contribution < 1.29 is 4.79 Å². The zero-order valence-electron chi connectivity index (χ0n) is 16.9. The normalized spacial score (nSPS) is 11.0. The van der Waals surface area contributed by atoms with Crippen molar-refractivity contribution >= 4 is 22.9 Å². The molecule has 0 aliphatic rings. The average Bonchev–Trinajstić information content (AvgIpc) is 3.50. The van der Waals surface area contributed by atoms with Gasteiger partial charge in [0, 0.05) is 47.3 Å². The highest BCUT2D eigenvalue weighted by atomic mass is 16.1. The number of aromatic nitrogens is 7. The highest BCUT2D eigenvalue weighted by molar-refractivity contribution is 6.12. The van der Waals surface area contributed by atoms with Crippen LogP contribution in [0.3, 0.4) is 0 Å². The first-order chi connectivity index (χ1) is 15.1. The number of rotatable bonds is 5. The Labute approximate surface area is 177 Å². The number of carbonyl (C=O) groups excluding carboxylic acids is 1. The van der Waals surface area contributed by atoms with Gasteiger partial charge in [-0.25, -0.2) is 10.1 Å². The van der Waals surface area contributed by atoms with Crippen LogP contribution in [-0.2, 0) is 0 Å². The molecule has 5 rings (SSSR count). The molecule has 9 nitrogen and oxygen atoms in total. The second-order valence-corrected chi connectivity index (χ2v) is 7.09. The number of tetrazole rings is 1. The Balaban J connectivity index is 1.47. The molecule has 0 bridgehead atoms. The van der Waals surface area contributed by atoms with Crippen molar-refractivity contribution in [1.82, 2.24) is 35.2 Å². The van der Waals surface area contributed by atoms with Crippen LogP contribution >= 0.6 is 0 Å². The van der Waals surface area contributed by atoms with Crippen molar-refractivity contribution in [3.05, 3.63) is 83.7 Å². The maximum absolute atomic E-state index is 13.2. The Kier molecular flexibility index (Phi) is 4.47. The van der Waals surface area contributed by atoms with Gasteiger partial charge in [-0.15, -0.1) is 5.10 Å². The van der Waals surface area contributed by atoms with E-state index in [1.807, 2.05) is 73.5 Å². The van der Waals surface area contributed by atoms with Gasteiger partial charge in [-0.1, -0.05) is 24.3 Å². The first-order valence-electron chi connectivity index (χ1n) is 9.65. The molecule has 31 heavy (non-hydrogen) atoms. The minimum absolute atomic E-state index is 0.101. The lowest BCUT2D eigenvalue weighted by atomic mass is 9.98. The second-order valence-electron chi connectivity index (χ2n) is 7.09. The molecule has 3 heterocycles. The molecular formula is C22H18N8O. The van der Waals surface area contributed by atoms with Crippen molar-refractivity contribution in [2.24, 2.45) is 0 Å². The summed E-state index contributed by atoms with van der Waals surface area (Å²) in [6.45, 7) is 1.95. The van der Waals surface area contributed by atoms with E-state index in [-0.39, 0.29) is 5.78 Å². The van der Waals surface area contributed by atoms with Crippen molar-refractivity contribution in [3.63, 3.8) is 0 Å². The van der Waals surface area contributed by atoms with Gasteiger partial charge in [-0.3, -0.25) is 4.79 Å². The van der Waals surface area contributed by atoms with Crippen LogP contribution in [0, 0.1) is 6.92 Å². The third kappa shape index (κ3) is 3.31. The number of hydrogen-bond acceptors (Lipinski definition) is 7. The van der Waals surface area contributed by atoms with E-state index in [4.69, 9.17) is 0 Å². The molecule has 2 aromatic carbocycles. The predicted octanol–water partition coefficient (Wildman–Crippen LogP) is 3.22. The fraction of sp³-hybridized carbons (Fsp3) is 0.0909. The van der Waals surface area contributed by atoms with Gasteiger partial charge in [0.15, 0.2) is 17.3 Å². The third-order valence-electron chi connectivity index (χ3n) is 5.10. The molecule has 152 valence electrons. The summed E-state index contributed by atoms with van der Waals surface area (Å²) in [5.74, 6) is 1.24. The van der Waals surface area contributed by atoms with Crippen molar-refractivity contribution in [3.8, 4) is 11.4 Å². The number of aryl methyl sites for hydroxylation is 1. The average molecular weight is 410 g/mol. The molecule has 0 radical (unpaired) electrons. The lowest BCUT2D eigenvalue weighted by Gasteiger charge is -2.21. The summed E-state index contributed by atoms with van der Waals surface area (Å²) in [4.78, 5) is 19.7. The lowest BCUT2D eigenvalue weighted by molar-refractivity contribution is 0.103. The van der Waals surface area contributed by atoms with Crippen LogP contribution in [-0.4, -0.2) is 48.1 Å². The van der Waals surface area contributed by atoms with E-state index in [0.29, 0.717) is 22.5 Å². The van der Waals surface area contributed by atoms with Crippen LogP contribution in [0.15, 0.2) is 66.9 Å². The maximum Gasteiger partial charge on any atom is 0.193 e. The van der Waals surface area contributed by atoms with Gasteiger partial charge in [-0.05, 0) is 41.6 Å². The summed E-state index contributed by atoms with van der Waals surface area (Å²) in [6.07, 6.45) is 1.72. The molecule has 0 amide bonds. The molecule has 0 saturated carbocycles. The van der Waals surface area contributed by atoms with Crippen LogP contribution in [0.1, 0.15) is 21.6 Å². The van der Waals surface area contributed by atoms with Crippen molar-refractivity contribution in [2.75, 3.05) is 11.9 Å². The zero-order valence-corrected chi connectivity index (χ0v) is 16.9. The number of carbonyl (C=O) groups is 1. The summed E-state index contributed by atoms with van der Waals surface area (Å²) in [6, 6.07) is 18.6. The molecule has 0 saturated heterocycles. The van der Waals surface area contributed by atoms with E-state index in [2.05, 4.69) is 30.7 Å². The second kappa shape index (κ2) is 7.45. The molecule has 0 aliphatic heterocycles. The number of H-pyrrole nitrogens is 1. The van der Waals surface area contributed by atoms with Gasteiger partial charge in [-0.2, -0.15) is 9.61 Å². The Morgan fingerprint density at radius 3 is 2.65 bits per heavy atom.